The van der Waals surface area contributed by atoms with Gasteiger partial charge in [0.15, 0.2) is 0 Å². The van der Waals surface area contributed by atoms with Gasteiger partial charge in [-0.3, -0.25) is 0 Å². The van der Waals surface area contributed by atoms with Crippen molar-refractivity contribution in [2.45, 2.75) is 19.4 Å². The van der Waals surface area contributed by atoms with Crippen LogP contribution in [0.25, 0.3) is 0 Å². The molecule has 0 atom stereocenters. The number of unbranched alkanes of at least 4 members (excludes halogenated alkanes) is 1. The molecule has 0 aliphatic rings. The molecule has 0 aliphatic heterocycles. The number of carbonyl (C=O) groups is 1. The van der Waals surface area contributed by atoms with Crippen molar-refractivity contribution in [3.8, 4) is 0 Å². The van der Waals surface area contributed by atoms with Gasteiger partial charge in [-0.2, -0.15) is 0 Å². The van der Waals surface area contributed by atoms with Crippen LogP contribution in [0.4, 0.5) is 0 Å². The Morgan fingerprint density at radius 2 is 2.31 bits per heavy atom. The lowest BCUT2D eigenvalue weighted by atomic mass is 10.3. The Kier molecular flexibility index (Phi) is 5.60. The molecule has 16 heavy (non-hydrogen) atoms. The lowest BCUT2D eigenvalue weighted by Crippen LogP contribution is -2.14. The van der Waals surface area contributed by atoms with Crippen LogP contribution in [0.1, 0.15) is 29.2 Å². The minimum Gasteiger partial charge on any atom is -0.463 e. The fraction of sp³-hybridized carbons (Fsp3) is 0.545. The zero-order valence-corrected chi connectivity index (χ0v) is 9.36. The molecular formula is C11H17NO4. The van der Waals surface area contributed by atoms with E-state index in [0.29, 0.717) is 12.3 Å². The molecule has 5 heteroatoms. The zero-order chi connectivity index (χ0) is 11.8. The Bertz CT molecular complexity index is 322. The lowest BCUT2D eigenvalue weighted by Gasteiger charge is -2.01. The number of ether oxygens (including phenoxy) is 1. The molecule has 1 aromatic heterocycles. The van der Waals surface area contributed by atoms with E-state index in [1.165, 1.54) is 7.11 Å². The third-order valence-corrected chi connectivity index (χ3v) is 2.11. The number of rotatable bonds is 7. The minimum absolute atomic E-state index is 0.217. The smallest absolute Gasteiger partial charge is 0.373 e. The molecule has 0 aliphatic carbocycles. The largest absolute Gasteiger partial charge is 0.463 e. The Morgan fingerprint density at radius 1 is 1.50 bits per heavy atom. The summed E-state index contributed by atoms with van der Waals surface area (Å²) >= 11 is 0. The molecule has 0 saturated heterocycles. The van der Waals surface area contributed by atoms with Gasteiger partial charge < -0.3 is 19.6 Å². The highest BCUT2D eigenvalue weighted by molar-refractivity contribution is 5.86. The van der Waals surface area contributed by atoms with Crippen LogP contribution in [0.2, 0.25) is 0 Å². The van der Waals surface area contributed by atoms with Gasteiger partial charge in [-0.25, -0.2) is 4.79 Å². The maximum atomic E-state index is 11.1. The van der Waals surface area contributed by atoms with E-state index in [9.17, 15) is 4.79 Å². The first-order valence-electron chi connectivity index (χ1n) is 5.26. The predicted molar refractivity (Wildman–Crippen MR) is 58.1 cm³/mol. The molecule has 0 bridgehead atoms. The first-order chi connectivity index (χ1) is 7.77. The van der Waals surface area contributed by atoms with Gasteiger partial charge in [-0.1, -0.05) is 0 Å². The number of aliphatic hydroxyl groups is 1. The average molecular weight is 227 g/mol. The van der Waals surface area contributed by atoms with E-state index >= 15 is 0 Å². The first-order valence-corrected chi connectivity index (χ1v) is 5.26. The molecule has 0 amide bonds. The average Bonchev–Trinajstić information content (AvgIpc) is 2.76. The minimum atomic E-state index is -0.466. The van der Waals surface area contributed by atoms with Gasteiger partial charge in [0.05, 0.1) is 13.7 Å². The molecule has 2 N–H and O–H groups in total. The lowest BCUT2D eigenvalue weighted by molar-refractivity contribution is 0.0563. The number of hydrogen-bond donors (Lipinski definition) is 2. The summed E-state index contributed by atoms with van der Waals surface area (Å²) in [4.78, 5) is 11.1. The maximum absolute atomic E-state index is 11.1. The van der Waals surface area contributed by atoms with E-state index in [4.69, 9.17) is 9.52 Å². The molecule has 0 fully saturated rings. The number of carbonyl (C=O) groups excluding carboxylic acids is 1. The van der Waals surface area contributed by atoms with E-state index < -0.39 is 5.97 Å². The highest BCUT2D eigenvalue weighted by Gasteiger charge is 2.10. The zero-order valence-electron chi connectivity index (χ0n) is 9.36. The van der Waals surface area contributed by atoms with E-state index in [1.54, 1.807) is 12.1 Å². The second-order valence-corrected chi connectivity index (χ2v) is 3.37. The second-order valence-electron chi connectivity index (χ2n) is 3.37. The van der Waals surface area contributed by atoms with Gasteiger partial charge in [-0.05, 0) is 31.5 Å². The third kappa shape index (κ3) is 4.04. The molecule has 1 rings (SSSR count). The van der Waals surface area contributed by atoms with Crippen LogP contribution >= 0.6 is 0 Å². The monoisotopic (exact) mass is 227 g/mol. The molecule has 0 unspecified atom stereocenters. The molecule has 0 spiro atoms. The summed E-state index contributed by atoms with van der Waals surface area (Å²) in [6.45, 7) is 1.60. The van der Waals surface area contributed by atoms with E-state index in [0.717, 1.165) is 19.4 Å². The molecule has 0 aromatic carbocycles. The quantitative estimate of drug-likeness (QED) is 0.535. The van der Waals surface area contributed by atoms with Gasteiger partial charge in [0.1, 0.15) is 5.76 Å². The summed E-state index contributed by atoms with van der Waals surface area (Å²) in [6, 6.07) is 3.34. The van der Waals surface area contributed by atoms with Crippen molar-refractivity contribution < 1.29 is 19.1 Å². The van der Waals surface area contributed by atoms with Crippen LogP contribution in [0.15, 0.2) is 16.5 Å². The van der Waals surface area contributed by atoms with Crippen molar-refractivity contribution >= 4 is 5.97 Å². The topological polar surface area (TPSA) is 71.7 Å². The van der Waals surface area contributed by atoms with Gasteiger partial charge >= 0.3 is 5.97 Å². The number of nitrogens with one attached hydrogen (secondary N) is 1. The molecular weight excluding hydrogens is 210 g/mol. The van der Waals surface area contributed by atoms with Crippen LogP contribution in [0, 0.1) is 0 Å². The predicted octanol–water partition coefficient (Wildman–Crippen LogP) is 0.928. The number of aliphatic hydroxyl groups excluding tert-OH is 1. The summed E-state index contributed by atoms with van der Waals surface area (Å²) < 4.78 is 9.78. The maximum Gasteiger partial charge on any atom is 0.373 e. The summed E-state index contributed by atoms with van der Waals surface area (Å²) in [6.07, 6.45) is 1.71. The van der Waals surface area contributed by atoms with Gasteiger partial charge in [0, 0.05) is 6.61 Å². The molecule has 0 saturated carbocycles. The van der Waals surface area contributed by atoms with Crippen molar-refractivity contribution in [1.29, 1.82) is 0 Å². The summed E-state index contributed by atoms with van der Waals surface area (Å²) in [5.41, 5.74) is 0. The Hall–Kier alpha value is -1.33. The summed E-state index contributed by atoms with van der Waals surface area (Å²) in [5.74, 6) is 0.450. The van der Waals surface area contributed by atoms with Gasteiger partial charge in [-0.15, -0.1) is 0 Å². The van der Waals surface area contributed by atoms with E-state index in [2.05, 4.69) is 10.1 Å². The number of methoxy groups -OCH3 is 1. The number of esters is 1. The number of hydrogen-bond acceptors (Lipinski definition) is 5. The number of furan rings is 1. The van der Waals surface area contributed by atoms with Crippen LogP contribution < -0.4 is 5.32 Å². The van der Waals surface area contributed by atoms with Gasteiger partial charge in [0.2, 0.25) is 5.76 Å². The molecule has 0 radical (unpaired) electrons. The van der Waals surface area contributed by atoms with Gasteiger partial charge in [0.25, 0.3) is 0 Å². The molecule has 1 aromatic rings. The van der Waals surface area contributed by atoms with Crippen molar-refractivity contribution in [2.75, 3.05) is 20.3 Å². The Balaban J connectivity index is 2.27. The second kappa shape index (κ2) is 7.03. The fourth-order valence-electron chi connectivity index (χ4n) is 1.26. The van der Waals surface area contributed by atoms with Crippen molar-refractivity contribution in [2.24, 2.45) is 0 Å². The summed E-state index contributed by atoms with van der Waals surface area (Å²) in [5, 5.41) is 11.7. The highest BCUT2D eigenvalue weighted by Crippen LogP contribution is 2.08. The molecule has 1 heterocycles. The third-order valence-electron chi connectivity index (χ3n) is 2.11. The Morgan fingerprint density at radius 3 is 3.00 bits per heavy atom. The molecule has 5 nitrogen and oxygen atoms in total. The Labute approximate surface area is 94.4 Å². The van der Waals surface area contributed by atoms with Crippen LogP contribution in [0.5, 0.6) is 0 Å². The van der Waals surface area contributed by atoms with Crippen molar-refractivity contribution in [1.82, 2.24) is 5.32 Å². The van der Waals surface area contributed by atoms with E-state index in [-0.39, 0.29) is 12.4 Å². The van der Waals surface area contributed by atoms with Crippen LogP contribution in [0.3, 0.4) is 0 Å². The molecule has 90 valence electrons. The highest BCUT2D eigenvalue weighted by atomic mass is 16.5. The SMILES string of the molecule is COC(=O)c1ccc(CNCCCCO)o1. The van der Waals surface area contributed by atoms with Crippen molar-refractivity contribution in [3.05, 3.63) is 23.7 Å². The van der Waals surface area contributed by atoms with Crippen LogP contribution in [-0.2, 0) is 11.3 Å². The summed E-state index contributed by atoms with van der Waals surface area (Å²) in [7, 11) is 1.32. The van der Waals surface area contributed by atoms with Crippen LogP contribution in [-0.4, -0.2) is 31.3 Å². The first kappa shape index (κ1) is 12.7. The normalized spacial score (nSPS) is 10.4. The fourth-order valence-corrected chi connectivity index (χ4v) is 1.26. The van der Waals surface area contributed by atoms with Crippen molar-refractivity contribution in [3.63, 3.8) is 0 Å². The standard InChI is InChI=1S/C11H17NO4/c1-15-11(14)10-5-4-9(16-10)8-12-6-2-3-7-13/h4-5,12-13H,2-3,6-8H2,1H3. The van der Waals surface area contributed by atoms with E-state index in [1.807, 2.05) is 0 Å².